The molecule has 0 aliphatic carbocycles. The molecule has 5 heteroatoms. The molecule has 2 aliphatic rings. The minimum atomic E-state index is 0.0756. The molecule has 0 aromatic carbocycles. The first-order chi connectivity index (χ1) is 9.26. The van der Waals surface area contributed by atoms with Crippen molar-refractivity contribution in [2.75, 3.05) is 19.8 Å². The van der Waals surface area contributed by atoms with Crippen LogP contribution >= 0.6 is 11.3 Å². The normalized spacial score (nSPS) is 26.7. The second-order valence-corrected chi connectivity index (χ2v) is 6.63. The molecule has 1 aromatic heterocycles. The highest BCUT2D eigenvalue weighted by atomic mass is 32.1. The molecular weight excluding hydrogens is 260 g/mol. The highest BCUT2D eigenvalue weighted by Crippen LogP contribution is 2.34. The number of aryl methyl sites for hydroxylation is 1. The average Bonchev–Trinajstić information content (AvgIpc) is 2.83. The molecule has 1 aromatic rings. The minimum Gasteiger partial charge on any atom is -0.381 e. The van der Waals surface area contributed by atoms with Crippen molar-refractivity contribution < 1.29 is 9.47 Å². The zero-order chi connectivity index (χ0) is 13.1. The molecule has 3 rings (SSSR count). The van der Waals surface area contributed by atoms with Crippen LogP contribution in [0.3, 0.4) is 0 Å². The third-order valence-corrected chi connectivity index (χ3v) is 4.96. The molecule has 2 aliphatic heterocycles. The van der Waals surface area contributed by atoms with Crippen LogP contribution in [0.15, 0.2) is 5.38 Å². The van der Waals surface area contributed by atoms with Gasteiger partial charge in [0.25, 0.3) is 0 Å². The SMILES string of the molecule is Cc1nc(CNC2CCOC3(CCOCC3)C2)cs1. The molecule has 0 radical (unpaired) electrons. The summed E-state index contributed by atoms with van der Waals surface area (Å²) >= 11 is 1.72. The largest absolute Gasteiger partial charge is 0.381 e. The third-order valence-electron chi connectivity index (χ3n) is 4.14. The van der Waals surface area contributed by atoms with Gasteiger partial charge in [0.05, 0.1) is 16.3 Å². The van der Waals surface area contributed by atoms with E-state index in [1.54, 1.807) is 11.3 Å². The summed E-state index contributed by atoms with van der Waals surface area (Å²) < 4.78 is 11.5. The van der Waals surface area contributed by atoms with E-state index in [2.05, 4.69) is 22.6 Å². The van der Waals surface area contributed by atoms with Crippen molar-refractivity contribution in [1.82, 2.24) is 10.3 Å². The van der Waals surface area contributed by atoms with E-state index in [1.165, 1.54) is 0 Å². The maximum atomic E-state index is 6.06. The molecule has 4 nitrogen and oxygen atoms in total. The molecule has 19 heavy (non-hydrogen) atoms. The Bertz CT molecular complexity index is 410. The van der Waals surface area contributed by atoms with Crippen LogP contribution < -0.4 is 5.32 Å². The number of hydrogen-bond donors (Lipinski definition) is 1. The van der Waals surface area contributed by atoms with Gasteiger partial charge < -0.3 is 14.8 Å². The number of rotatable bonds is 3. The van der Waals surface area contributed by atoms with Crippen molar-refractivity contribution in [1.29, 1.82) is 0 Å². The molecule has 1 atom stereocenters. The highest BCUT2D eigenvalue weighted by Gasteiger charge is 2.38. The quantitative estimate of drug-likeness (QED) is 0.923. The first-order valence-corrected chi connectivity index (χ1v) is 8.00. The Kier molecular flexibility index (Phi) is 4.17. The average molecular weight is 282 g/mol. The van der Waals surface area contributed by atoms with Gasteiger partial charge in [0.15, 0.2) is 0 Å². The van der Waals surface area contributed by atoms with E-state index in [-0.39, 0.29) is 5.60 Å². The monoisotopic (exact) mass is 282 g/mol. The summed E-state index contributed by atoms with van der Waals surface area (Å²) in [6.07, 6.45) is 4.30. The van der Waals surface area contributed by atoms with E-state index >= 15 is 0 Å². The van der Waals surface area contributed by atoms with Gasteiger partial charge in [0.1, 0.15) is 0 Å². The van der Waals surface area contributed by atoms with Gasteiger partial charge in [-0.25, -0.2) is 4.98 Å². The van der Waals surface area contributed by atoms with Crippen molar-refractivity contribution in [3.8, 4) is 0 Å². The minimum absolute atomic E-state index is 0.0756. The van der Waals surface area contributed by atoms with Gasteiger partial charge in [-0.2, -0.15) is 0 Å². The van der Waals surface area contributed by atoms with Crippen LogP contribution in [0.4, 0.5) is 0 Å². The second-order valence-electron chi connectivity index (χ2n) is 5.57. The number of thiazole rings is 1. The van der Waals surface area contributed by atoms with Crippen molar-refractivity contribution in [3.63, 3.8) is 0 Å². The van der Waals surface area contributed by atoms with Crippen molar-refractivity contribution in [2.45, 2.75) is 50.8 Å². The fourth-order valence-electron chi connectivity index (χ4n) is 3.03. The van der Waals surface area contributed by atoms with Crippen LogP contribution in [-0.2, 0) is 16.0 Å². The Morgan fingerprint density at radius 1 is 1.42 bits per heavy atom. The lowest BCUT2D eigenvalue weighted by atomic mass is 9.84. The smallest absolute Gasteiger partial charge is 0.0897 e. The first kappa shape index (κ1) is 13.5. The van der Waals surface area contributed by atoms with Gasteiger partial charge in [-0.1, -0.05) is 0 Å². The summed E-state index contributed by atoms with van der Waals surface area (Å²) in [5.41, 5.74) is 1.24. The Hall–Kier alpha value is -0.490. The maximum absolute atomic E-state index is 6.06. The van der Waals surface area contributed by atoms with E-state index in [4.69, 9.17) is 9.47 Å². The fraction of sp³-hybridized carbons (Fsp3) is 0.786. The van der Waals surface area contributed by atoms with Crippen molar-refractivity contribution in [3.05, 3.63) is 16.1 Å². The van der Waals surface area contributed by atoms with Gasteiger partial charge >= 0.3 is 0 Å². The van der Waals surface area contributed by atoms with E-state index in [1.807, 2.05) is 0 Å². The standard InChI is InChI=1S/C14H22N2O2S/c1-11-16-13(10-19-11)9-15-12-2-5-18-14(8-12)3-6-17-7-4-14/h10,12,15H,2-9H2,1H3. The maximum Gasteiger partial charge on any atom is 0.0897 e. The molecule has 3 heterocycles. The van der Waals surface area contributed by atoms with E-state index in [0.29, 0.717) is 6.04 Å². The summed E-state index contributed by atoms with van der Waals surface area (Å²) in [6.45, 7) is 5.49. The predicted octanol–water partition coefficient (Wildman–Crippen LogP) is 2.27. The summed E-state index contributed by atoms with van der Waals surface area (Å²) in [5, 5.41) is 6.93. The predicted molar refractivity (Wildman–Crippen MR) is 75.4 cm³/mol. The van der Waals surface area contributed by atoms with E-state index < -0.39 is 0 Å². The molecule has 0 bridgehead atoms. The molecule has 1 unspecified atom stereocenters. The Morgan fingerprint density at radius 2 is 2.26 bits per heavy atom. The first-order valence-electron chi connectivity index (χ1n) is 7.12. The Labute approximate surface area is 118 Å². The number of nitrogens with zero attached hydrogens (tertiary/aromatic N) is 1. The van der Waals surface area contributed by atoms with Crippen LogP contribution in [0.5, 0.6) is 0 Å². The topological polar surface area (TPSA) is 43.4 Å². The third kappa shape index (κ3) is 3.34. The van der Waals surface area contributed by atoms with Gasteiger partial charge in [-0.15, -0.1) is 11.3 Å². The zero-order valence-corrected chi connectivity index (χ0v) is 12.3. The fourth-order valence-corrected chi connectivity index (χ4v) is 3.64. The number of aromatic nitrogens is 1. The Morgan fingerprint density at radius 3 is 3.00 bits per heavy atom. The highest BCUT2D eigenvalue weighted by molar-refractivity contribution is 7.09. The van der Waals surface area contributed by atoms with E-state index in [0.717, 1.165) is 62.8 Å². The molecule has 2 saturated heterocycles. The molecule has 1 spiro atoms. The van der Waals surface area contributed by atoms with Crippen molar-refractivity contribution in [2.24, 2.45) is 0 Å². The number of ether oxygens (including phenoxy) is 2. The number of nitrogens with one attached hydrogen (secondary N) is 1. The molecule has 0 saturated carbocycles. The van der Waals surface area contributed by atoms with Gasteiger partial charge in [-0.3, -0.25) is 0 Å². The summed E-state index contributed by atoms with van der Waals surface area (Å²) in [6, 6.07) is 0.550. The molecular formula is C14H22N2O2S. The summed E-state index contributed by atoms with van der Waals surface area (Å²) in [4.78, 5) is 4.50. The summed E-state index contributed by atoms with van der Waals surface area (Å²) in [5.74, 6) is 0. The lowest BCUT2D eigenvalue weighted by Gasteiger charge is -2.43. The number of hydrogen-bond acceptors (Lipinski definition) is 5. The lowest BCUT2D eigenvalue weighted by Crippen LogP contribution is -2.49. The molecule has 106 valence electrons. The van der Waals surface area contributed by atoms with Crippen LogP contribution in [0.25, 0.3) is 0 Å². The zero-order valence-electron chi connectivity index (χ0n) is 11.5. The van der Waals surface area contributed by atoms with Crippen LogP contribution in [0, 0.1) is 6.92 Å². The molecule has 0 amide bonds. The van der Waals surface area contributed by atoms with Gasteiger partial charge in [0.2, 0.25) is 0 Å². The molecule has 1 N–H and O–H groups in total. The van der Waals surface area contributed by atoms with E-state index in [9.17, 15) is 0 Å². The van der Waals surface area contributed by atoms with Crippen LogP contribution in [0.2, 0.25) is 0 Å². The van der Waals surface area contributed by atoms with Gasteiger partial charge in [0, 0.05) is 37.8 Å². The van der Waals surface area contributed by atoms with Crippen molar-refractivity contribution >= 4 is 11.3 Å². The summed E-state index contributed by atoms with van der Waals surface area (Å²) in [7, 11) is 0. The van der Waals surface area contributed by atoms with Gasteiger partial charge in [-0.05, 0) is 32.6 Å². The van der Waals surface area contributed by atoms with Crippen LogP contribution in [0.1, 0.15) is 36.4 Å². The lowest BCUT2D eigenvalue weighted by molar-refractivity contribution is -0.140. The van der Waals surface area contributed by atoms with Crippen LogP contribution in [-0.4, -0.2) is 36.4 Å². The Balaban J connectivity index is 1.53. The molecule has 2 fully saturated rings. The second kappa shape index (κ2) is 5.87.